The molecule has 1 aliphatic heterocycles. The number of hydroxylamine groups is 2. The van der Waals surface area contributed by atoms with Gasteiger partial charge in [0, 0.05) is 41.3 Å². The summed E-state index contributed by atoms with van der Waals surface area (Å²) in [7, 11) is 1.92. The zero-order valence-electron chi connectivity index (χ0n) is 11.4. The second kappa shape index (κ2) is 5.27. The van der Waals surface area contributed by atoms with Gasteiger partial charge in [-0.3, -0.25) is 14.9 Å². The van der Waals surface area contributed by atoms with E-state index in [0.717, 1.165) is 27.4 Å². The molecule has 0 radical (unpaired) electrons. The Balaban J connectivity index is 2.05. The van der Waals surface area contributed by atoms with E-state index >= 15 is 0 Å². The first-order valence-corrected chi connectivity index (χ1v) is 6.82. The van der Waals surface area contributed by atoms with Crippen molar-refractivity contribution >= 4 is 17.2 Å². The minimum atomic E-state index is -0.124. The third-order valence-electron chi connectivity index (χ3n) is 3.53. The zero-order valence-corrected chi connectivity index (χ0v) is 12.1. The Bertz CT molecular complexity index is 637. The number of hydrogen-bond donors (Lipinski definition) is 0. The first-order chi connectivity index (χ1) is 9.66. The van der Waals surface area contributed by atoms with E-state index in [4.69, 9.17) is 16.4 Å². The van der Waals surface area contributed by atoms with Gasteiger partial charge in [0.15, 0.2) is 0 Å². The van der Waals surface area contributed by atoms with E-state index in [2.05, 4.69) is 18.0 Å². The number of rotatable bonds is 2. The van der Waals surface area contributed by atoms with Crippen LogP contribution >= 0.6 is 11.6 Å². The monoisotopic (exact) mass is 286 g/mol. The summed E-state index contributed by atoms with van der Waals surface area (Å²) >= 11 is 5.96. The topological polar surface area (TPSA) is 25.4 Å². The van der Waals surface area contributed by atoms with Crippen molar-refractivity contribution in [1.29, 1.82) is 0 Å². The summed E-state index contributed by atoms with van der Waals surface area (Å²) in [4.78, 5) is 10.2. The smallest absolute Gasteiger partial charge is 0.138 e. The van der Waals surface area contributed by atoms with Crippen LogP contribution in [0.3, 0.4) is 0 Å². The molecule has 0 saturated carbocycles. The van der Waals surface area contributed by atoms with Crippen molar-refractivity contribution in [3.63, 3.8) is 0 Å². The molecule has 1 aliphatic rings. The maximum absolute atomic E-state index is 5.96. The highest BCUT2D eigenvalue weighted by atomic mass is 35.5. The van der Waals surface area contributed by atoms with Crippen LogP contribution in [0.4, 0.5) is 0 Å². The van der Waals surface area contributed by atoms with E-state index in [1.165, 1.54) is 0 Å². The largest absolute Gasteiger partial charge is 0.264 e. The third-order valence-corrected chi connectivity index (χ3v) is 3.79. The first kappa shape index (κ1) is 13.2. The van der Waals surface area contributed by atoms with Gasteiger partial charge in [-0.15, -0.1) is 0 Å². The molecule has 102 valence electrons. The molecule has 0 fully saturated rings. The van der Waals surface area contributed by atoms with Crippen molar-refractivity contribution in [3.8, 4) is 0 Å². The molecule has 2 heterocycles. The van der Waals surface area contributed by atoms with Crippen LogP contribution in [0.2, 0.25) is 5.02 Å². The standard InChI is InChI=1S/C16H15ClN2O/c1-11-15(13-4-3-9-18-10-13)16(20-19(11)2)12-5-7-14(17)8-6-12/h3-10,16H,1-2H3. The minimum absolute atomic E-state index is 0.124. The van der Waals surface area contributed by atoms with Crippen molar-refractivity contribution in [3.05, 3.63) is 70.6 Å². The highest BCUT2D eigenvalue weighted by molar-refractivity contribution is 6.30. The predicted molar refractivity (Wildman–Crippen MR) is 79.9 cm³/mol. The van der Waals surface area contributed by atoms with Gasteiger partial charge in [-0.05, 0) is 30.7 Å². The maximum Gasteiger partial charge on any atom is 0.138 e. The van der Waals surface area contributed by atoms with Crippen molar-refractivity contribution in [2.24, 2.45) is 0 Å². The van der Waals surface area contributed by atoms with Crippen LogP contribution in [0.15, 0.2) is 54.5 Å². The number of hydrogen-bond acceptors (Lipinski definition) is 3. The van der Waals surface area contributed by atoms with Crippen molar-refractivity contribution in [2.45, 2.75) is 13.0 Å². The SMILES string of the molecule is CC1=C(c2cccnc2)C(c2ccc(Cl)cc2)ON1C. The average molecular weight is 287 g/mol. The van der Waals surface area contributed by atoms with Crippen LogP contribution in [0.1, 0.15) is 24.2 Å². The molecule has 1 aromatic carbocycles. The summed E-state index contributed by atoms with van der Waals surface area (Å²) in [6, 6.07) is 11.7. The van der Waals surface area contributed by atoms with E-state index in [1.54, 1.807) is 6.20 Å². The molecule has 4 heteroatoms. The van der Waals surface area contributed by atoms with Crippen LogP contribution in [0.5, 0.6) is 0 Å². The zero-order chi connectivity index (χ0) is 14.1. The number of pyridine rings is 1. The number of benzene rings is 1. The van der Waals surface area contributed by atoms with E-state index in [1.807, 2.05) is 48.6 Å². The lowest BCUT2D eigenvalue weighted by Crippen LogP contribution is -2.11. The Morgan fingerprint density at radius 2 is 1.95 bits per heavy atom. The molecular weight excluding hydrogens is 272 g/mol. The Morgan fingerprint density at radius 3 is 2.60 bits per heavy atom. The predicted octanol–water partition coefficient (Wildman–Crippen LogP) is 4.08. The third kappa shape index (κ3) is 2.30. The van der Waals surface area contributed by atoms with Gasteiger partial charge in [0.1, 0.15) is 6.10 Å². The quantitative estimate of drug-likeness (QED) is 0.831. The Labute approximate surface area is 123 Å². The fraction of sp³-hybridized carbons (Fsp3) is 0.188. The van der Waals surface area contributed by atoms with Crippen molar-refractivity contribution in [2.75, 3.05) is 7.05 Å². The number of halogens is 1. The highest BCUT2D eigenvalue weighted by Crippen LogP contribution is 2.42. The van der Waals surface area contributed by atoms with Gasteiger partial charge in [0.2, 0.25) is 0 Å². The fourth-order valence-corrected chi connectivity index (χ4v) is 2.52. The van der Waals surface area contributed by atoms with Crippen LogP contribution in [-0.2, 0) is 4.84 Å². The molecule has 0 N–H and O–H groups in total. The van der Waals surface area contributed by atoms with Gasteiger partial charge in [-0.25, -0.2) is 0 Å². The van der Waals surface area contributed by atoms with Gasteiger partial charge in [-0.1, -0.05) is 29.8 Å². The average Bonchev–Trinajstić information content (AvgIpc) is 2.77. The summed E-state index contributed by atoms with van der Waals surface area (Å²) in [6.07, 6.45) is 3.52. The van der Waals surface area contributed by atoms with Gasteiger partial charge >= 0.3 is 0 Å². The molecule has 1 atom stereocenters. The molecule has 0 saturated heterocycles. The highest BCUT2D eigenvalue weighted by Gasteiger charge is 2.30. The molecule has 1 aromatic heterocycles. The van der Waals surface area contributed by atoms with Crippen LogP contribution < -0.4 is 0 Å². The summed E-state index contributed by atoms with van der Waals surface area (Å²) in [5.74, 6) is 0. The summed E-state index contributed by atoms with van der Waals surface area (Å²) < 4.78 is 0. The lowest BCUT2D eigenvalue weighted by Gasteiger charge is -2.16. The van der Waals surface area contributed by atoms with E-state index in [9.17, 15) is 0 Å². The molecule has 20 heavy (non-hydrogen) atoms. The normalized spacial score (nSPS) is 18.8. The summed E-state index contributed by atoms with van der Waals surface area (Å²) in [5, 5.41) is 2.53. The molecule has 3 nitrogen and oxygen atoms in total. The van der Waals surface area contributed by atoms with Gasteiger partial charge in [0.25, 0.3) is 0 Å². The second-order valence-electron chi connectivity index (χ2n) is 4.78. The first-order valence-electron chi connectivity index (χ1n) is 6.44. The number of allylic oxidation sites excluding steroid dienone is 1. The van der Waals surface area contributed by atoms with Crippen molar-refractivity contribution in [1.82, 2.24) is 10.0 Å². The molecule has 0 aliphatic carbocycles. The molecule has 0 amide bonds. The molecule has 0 bridgehead atoms. The minimum Gasteiger partial charge on any atom is -0.264 e. The maximum atomic E-state index is 5.96. The summed E-state index contributed by atoms with van der Waals surface area (Å²) in [5.41, 5.74) is 4.40. The molecule has 2 aromatic rings. The molecular formula is C16H15ClN2O. The summed E-state index contributed by atoms with van der Waals surface area (Å²) in [6.45, 7) is 2.05. The van der Waals surface area contributed by atoms with Crippen LogP contribution in [0, 0.1) is 0 Å². The Hall–Kier alpha value is -1.84. The van der Waals surface area contributed by atoms with Crippen molar-refractivity contribution < 1.29 is 4.84 Å². The van der Waals surface area contributed by atoms with Gasteiger partial charge < -0.3 is 0 Å². The molecule has 3 rings (SSSR count). The van der Waals surface area contributed by atoms with Crippen LogP contribution in [-0.4, -0.2) is 17.1 Å². The number of aromatic nitrogens is 1. The van der Waals surface area contributed by atoms with E-state index in [0.29, 0.717) is 0 Å². The second-order valence-corrected chi connectivity index (χ2v) is 5.21. The Morgan fingerprint density at radius 1 is 1.20 bits per heavy atom. The van der Waals surface area contributed by atoms with Gasteiger partial charge in [-0.2, -0.15) is 0 Å². The van der Waals surface area contributed by atoms with Gasteiger partial charge in [0.05, 0.1) is 0 Å². The number of nitrogens with zero attached hydrogens (tertiary/aromatic N) is 2. The van der Waals surface area contributed by atoms with E-state index < -0.39 is 0 Å². The lowest BCUT2D eigenvalue weighted by atomic mass is 9.95. The Kier molecular flexibility index (Phi) is 3.47. The molecule has 1 unspecified atom stereocenters. The molecule has 0 spiro atoms. The lowest BCUT2D eigenvalue weighted by molar-refractivity contribution is -0.118. The fourth-order valence-electron chi connectivity index (χ4n) is 2.40. The van der Waals surface area contributed by atoms with E-state index in [-0.39, 0.29) is 6.10 Å². The van der Waals surface area contributed by atoms with Crippen LogP contribution in [0.25, 0.3) is 5.57 Å².